The first-order chi connectivity index (χ1) is 8.51. The predicted molar refractivity (Wildman–Crippen MR) is 67.8 cm³/mol. The molecule has 0 atom stereocenters. The second kappa shape index (κ2) is 7.30. The Morgan fingerprint density at radius 1 is 1.28 bits per heavy atom. The summed E-state index contributed by atoms with van der Waals surface area (Å²) in [4.78, 5) is 8.12. The molecule has 0 radical (unpaired) electrons. The molecule has 1 heterocycles. The molecule has 0 aliphatic rings. The highest BCUT2D eigenvalue weighted by atomic mass is 32.2. The average molecular weight is 280 g/mol. The molecule has 0 fully saturated rings. The maximum Gasteiger partial charge on any atom is 0.441 e. The number of rotatable bonds is 7. The fourth-order valence-corrected chi connectivity index (χ4v) is 1.56. The number of halogens is 3. The highest BCUT2D eigenvalue weighted by molar-refractivity contribution is 8.00. The van der Waals surface area contributed by atoms with Crippen LogP contribution in [0, 0.1) is 0 Å². The Labute approximate surface area is 108 Å². The van der Waals surface area contributed by atoms with Gasteiger partial charge in [-0.05, 0) is 24.2 Å². The standard InChI is InChI=1S/C10H15F3N4S/c1-2-4-15-9-16-5-3-8(17-9)14-6-7-18-10(11,12)13/h3,5H,2,4,6-7H2,1H3,(H2,14,15,16,17). The Kier molecular flexibility index (Phi) is 6.03. The molecule has 0 saturated heterocycles. The van der Waals surface area contributed by atoms with E-state index < -0.39 is 5.51 Å². The summed E-state index contributed by atoms with van der Waals surface area (Å²) in [6.45, 7) is 2.98. The van der Waals surface area contributed by atoms with Crippen LogP contribution in [0.15, 0.2) is 12.3 Å². The summed E-state index contributed by atoms with van der Waals surface area (Å²) >= 11 is -0.0506. The second-order valence-electron chi connectivity index (χ2n) is 3.41. The number of thioether (sulfide) groups is 1. The minimum absolute atomic E-state index is 0.0504. The van der Waals surface area contributed by atoms with Crippen LogP contribution >= 0.6 is 11.8 Å². The molecule has 0 bridgehead atoms. The molecule has 0 saturated carbocycles. The summed E-state index contributed by atoms with van der Waals surface area (Å²) in [6, 6.07) is 1.62. The van der Waals surface area contributed by atoms with E-state index in [1.165, 1.54) is 0 Å². The normalized spacial score (nSPS) is 11.3. The van der Waals surface area contributed by atoms with Crippen LogP contribution in [-0.4, -0.2) is 34.3 Å². The van der Waals surface area contributed by atoms with E-state index in [0.29, 0.717) is 11.8 Å². The molecule has 0 spiro atoms. The molecule has 18 heavy (non-hydrogen) atoms. The van der Waals surface area contributed by atoms with Crippen molar-refractivity contribution in [1.82, 2.24) is 9.97 Å². The molecule has 1 aromatic rings. The van der Waals surface area contributed by atoms with Crippen LogP contribution in [0.2, 0.25) is 0 Å². The summed E-state index contributed by atoms with van der Waals surface area (Å²) in [5.74, 6) is 0.947. The summed E-state index contributed by atoms with van der Waals surface area (Å²) in [5.41, 5.74) is -4.18. The lowest BCUT2D eigenvalue weighted by Crippen LogP contribution is -2.11. The quantitative estimate of drug-likeness (QED) is 0.752. The number of alkyl halides is 3. The van der Waals surface area contributed by atoms with Crippen molar-refractivity contribution in [3.05, 3.63) is 12.3 Å². The van der Waals surface area contributed by atoms with Crippen LogP contribution in [0.1, 0.15) is 13.3 Å². The molecule has 0 aliphatic heterocycles. The molecule has 1 aromatic heterocycles. The first-order valence-corrected chi connectivity index (χ1v) is 6.51. The number of anilines is 2. The number of hydrogen-bond donors (Lipinski definition) is 2. The van der Waals surface area contributed by atoms with E-state index in [0.717, 1.165) is 13.0 Å². The van der Waals surface area contributed by atoms with Gasteiger partial charge >= 0.3 is 5.51 Å². The molecular weight excluding hydrogens is 265 g/mol. The lowest BCUT2D eigenvalue weighted by molar-refractivity contribution is -0.0327. The van der Waals surface area contributed by atoms with E-state index in [1.807, 2.05) is 6.92 Å². The average Bonchev–Trinajstić information content (AvgIpc) is 2.31. The molecule has 0 aromatic carbocycles. The van der Waals surface area contributed by atoms with Gasteiger partial charge in [0.15, 0.2) is 0 Å². The molecule has 0 unspecified atom stereocenters. The zero-order valence-electron chi connectivity index (χ0n) is 9.92. The maximum atomic E-state index is 11.9. The summed E-state index contributed by atoms with van der Waals surface area (Å²) in [6.07, 6.45) is 2.51. The van der Waals surface area contributed by atoms with E-state index in [1.54, 1.807) is 12.3 Å². The first-order valence-electron chi connectivity index (χ1n) is 5.52. The first kappa shape index (κ1) is 14.9. The number of aromatic nitrogens is 2. The van der Waals surface area contributed by atoms with Crippen molar-refractivity contribution in [3.8, 4) is 0 Å². The number of nitrogens with zero attached hydrogens (tertiary/aromatic N) is 2. The van der Waals surface area contributed by atoms with Gasteiger partial charge in [0.1, 0.15) is 5.82 Å². The molecular formula is C10H15F3N4S. The van der Waals surface area contributed by atoms with Crippen LogP contribution < -0.4 is 10.6 Å². The summed E-state index contributed by atoms with van der Waals surface area (Å²) in [5, 5.41) is 5.82. The third kappa shape index (κ3) is 6.53. The largest absolute Gasteiger partial charge is 0.441 e. The van der Waals surface area contributed by atoms with E-state index in [-0.39, 0.29) is 24.1 Å². The Bertz CT molecular complexity index is 359. The Hall–Kier alpha value is -1.18. The van der Waals surface area contributed by atoms with Crippen LogP contribution in [0.5, 0.6) is 0 Å². The molecule has 0 aliphatic carbocycles. The molecule has 0 amide bonds. The van der Waals surface area contributed by atoms with Crippen molar-refractivity contribution >= 4 is 23.5 Å². The van der Waals surface area contributed by atoms with Crippen LogP contribution in [0.4, 0.5) is 24.9 Å². The van der Waals surface area contributed by atoms with Crippen molar-refractivity contribution in [2.45, 2.75) is 18.9 Å². The monoisotopic (exact) mass is 280 g/mol. The summed E-state index contributed by atoms with van der Waals surface area (Å²) < 4.78 is 35.7. The lowest BCUT2D eigenvalue weighted by atomic mass is 10.5. The van der Waals surface area contributed by atoms with Gasteiger partial charge in [0.05, 0.1) is 0 Å². The summed E-state index contributed by atoms with van der Waals surface area (Å²) in [7, 11) is 0. The van der Waals surface area contributed by atoms with Gasteiger partial charge in [0.2, 0.25) is 5.95 Å². The van der Waals surface area contributed by atoms with Gasteiger partial charge in [0, 0.05) is 25.0 Å². The van der Waals surface area contributed by atoms with Crippen LogP contribution in [0.3, 0.4) is 0 Å². The van der Waals surface area contributed by atoms with Crippen molar-refractivity contribution in [2.24, 2.45) is 0 Å². The highest BCUT2D eigenvalue weighted by Crippen LogP contribution is 2.29. The van der Waals surface area contributed by atoms with Gasteiger partial charge in [-0.3, -0.25) is 0 Å². The van der Waals surface area contributed by atoms with Gasteiger partial charge in [-0.1, -0.05) is 6.92 Å². The third-order valence-corrected chi connectivity index (χ3v) is 2.60. The van der Waals surface area contributed by atoms with Crippen LogP contribution in [-0.2, 0) is 0 Å². The topological polar surface area (TPSA) is 49.8 Å². The minimum Gasteiger partial charge on any atom is -0.369 e. The molecule has 102 valence electrons. The third-order valence-electron chi connectivity index (χ3n) is 1.86. The van der Waals surface area contributed by atoms with E-state index in [9.17, 15) is 13.2 Å². The maximum absolute atomic E-state index is 11.9. The minimum atomic E-state index is -4.18. The van der Waals surface area contributed by atoms with Gasteiger partial charge < -0.3 is 10.6 Å². The molecule has 4 nitrogen and oxygen atoms in total. The van der Waals surface area contributed by atoms with Crippen molar-refractivity contribution in [1.29, 1.82) is 0 Å². The number of nitrogens with one attached hydrogen (secondary N) is 2. The SMILES string of the molecule is CCCNc1nccc(NCCSC(F)(F)F)n1. The Morgan fingerprint density at radius 2 is 2.06 bits per heavy atom. The fraction of sp³-hybridized carbons (Fsp3) is 0.600. The van der Waals surface area contributed by atoms with E-state index in [2.05, 4.69) is 20.6 Å². The van der Waals surface area contributed by atoms with Crippen molar-refractivity contribution in [3.63, 3.8) is 0 Å². The zero-order chi connectivity index (χ0) is 13.4. The molecule has 2 N–H and O–H groups in total. The van der Waals surface area contributed by atoms with Gasteiger partial charge in [0.25, 0.3) is 0 Å². The van der Waals surface area contributed by atoms with Gasteiger partial charge in [-0.25, -0.2) is 4.98 Å². The highest BCUT2D eigenvalue weighted by Gasteiger charge is 2.27. The number of hydrogen-bond acceptors (Lipinski definition) is 5. The molecule has 1 rings (SSSR count). The van der Waals surface area contributed by atoms with Crippen molar-refractivity contribution in [2.75, 3.05) is 29.5 Å². The second-order valence-corrected chi connectivity index (χ2v) is 4.57. The predicted octanol–water partition coefficient (Wildman–Crippen LogP) is 2.96. The fourth-order valence-electron chi connectivity index (χ4n) is 1.12. The lowest BCUT2D eigenvalue weighted by Gasteiger charge is -2.08. The van der Waals surface area contributed by atoms with Crippen molar-refractivity contribution < 1.29 is 13.2 Å². The Balaban J connectivity index is 2.33. The molecule has 8 heteroatoms. The zero-order valence-corrected chi connectivity index (χ0v) is 10.7. The van der Waals surface area contributed by atoms with E-state index in [4.69, 9.17) is 0 Å². The smallest absolute Gasteiger partial charge is 0.369 e. The Morgan fingerprint density at radius 3 is 2.72 bits per heavy atom. The van der Waals surface area contributed by atoms with Crippen LogP contribution in [0.25, 0.3) is 0 Å². The van der Waals surface area contributed by atoms with Gasteiger partial charge in [-0.2, -0.15) is 18.2 Å². The van der Waals surface area contributed by atoms with Gasteiger partial charge in [-0.15, -0.1) is 0 Å². The van der Waals surface area contributed by atoms with E-state index >= 15 is 0 Å².